The molecule has 0 aromatic carbocycles. The third-order valence-electron chi connectivity index (χ3n) is 12.0. The topological polar surface area (TPSA) is 149 Å². The van der Waals surface area contributed by atoms with Crippen molar-refractivity contribution in [2.45, 2.75) is 262 Å². The fourth-order valence-corrected chi connectivity index (χ4v) is 7.86. The zero-order valence-electron chi connectivity index (χ0n) is 40.3. The maximum Gasteiger partial charge on any atom is 0.220 e. The van der Waals surface area contributed by atoms with Gasteiger partial charge >= 0.3 is 0 Å². The van der Waals surface area contributed by atoms with Gasteiger partial charge in [-0.2, -0.15) is 0 Å². The van der Waals surface area contributed by atoms with Crippen molar-refractivity contribution in [1.29, 1.82) is 0 Å². The Morgan fingerprint density at radius 1 is 0.540 bits per heavy atom. The second-order valence-corrected chi connectivity index (χ2v) is 17.9. The average molecular weight is 888 g/mol. The van der Waals surface area contributed by atoms with E-state index in [4.69, 9.17) is 9.47 Å². The van der Waals surface area contributed by atoms with Crippen molar-refractivity contribution < 1.29 is 39.8 Å². The lowest BCUT2D eigenvalue weighted by atomic mass is 9.99. The van der Waals surface area contributed by atoms with Crippen LogP contribution < -0.4 is 5.32 Å². The van der Waals surface area contributed by atoms with Crippen LogP contribution in [0, 0.1) is 0 Å². The van der Waals surface area contributed by atoms with Gasteiger partial charge in [0.25, 0.3) is 0 Å². The third-order valence-corrected chi connectivity index (χ3v) is 12.0. The van der Waals surface area contributed by atoms with Gasteiger partial charge < -0.3 is 40.3 Å². The van der Waals surface area contributed by atoms with Crippen LogP contribution in [0.3, 0.4) is 0 Å². The number of hydrogen-bond acceptors (Lipinski definition) is 8. The highest BCUT2D eigenvalue weighted by molar-refractivity contribution is 5.76. The summed E-state index contributed by atoms with van der Waals surface area (Å²) >= 11 is 0. The number of allylic oxidation sites excluding steroid dienone is 9. The first kappa shape index (κ1) is 58.9. The summed E-state index contributed by atoms with van der Waals surface area (Å²) in [7, 11) is 0. The molecule has 1 aliphatic heterocycles. The molecule has 1 rings (SSSR count). The average Bonchev–Trinajstić information content (AvgIpc) is 3.28. The lowest BCUT2D eigenvalue weighted by Gasteiger charge is -2.40. The van der Waals surface area contributed by atoms with Crippen molar-refractivity contribution in [3.8, 4) is 0 Å². The van der Waals surface area contributed by atoms with Gasteiger partial charge in [-0.1, -0.05) is 197 Å². The predicted molar refractivity (Wildman–Crippen MR) is 262 cm³/mol. The summed E-state index contributed by atoms with van der Waals surface area (Å²) < 4.78 is 11.2. The molecule has 0 bridgehead atoms. The van der Waals surface area contributed by atoms with Gasteiger partial charge in [0.1, 0.15) is 24.4 Å². The first-order chi connectivity index (χ1) is 30.8. The van der Waals surface area contributed by atoms with Gasteiger partial charge in [-0.05, 0) is 77.0 Å². The molecule has 7 unspecified atom stereocenters. The summed E-state index contributed by atoms with van der Waals surface area (Å²) in [5.74, 6) is -0.195. The smallest absolute Gasteiger partial charge is 0.220 e. The minimum atomic E-state index is -1.58. The largest absolute Gasteiger partial charge is 0.394 e. The number of carbonyl (C=O) groups excluding carboxylic acids is 1. The number of unbranched alkanes of at least 4 members (excludes halogenated alkanes) is 25. The Kier molecular flexibility index (Phi) is 40.9. The fourth-order valence-electron chi connectivity index (χ4n) is 7.86. The number of carbonyl (C=O) groups is 1. The molecular weight excluding hydrogens is 791 g/mol. The summed E-state index contributed by atoms with van der Waals surface area (Å²) in [4.78, 5) is 13.0. The number of amides is 1. The number of aliphatic hydroxyl groups is 5. The van der Waals surface area contributed by atoms with Gasteiger partial charge in [0, 0.05) is 6.42 Å². The van der Waals surface area contributed by atoms with Gasteiger partial charge in [0.15, 0.2) is 6.29 Å². The van der Waals surface area contributed by atoms with Crippen molar-refractivity contribution in [3.63, 3.8) is 0 Å². The second-order valence-electron chi connectivity index (χ2n) is 17.9. The minimum absolute atomic E-state index is 0.195. The summed E-state index contributed by atoms with van der Waals surface area (Å²) in [5.41, 5.74) is 0. The molecule has 1 fully saturated rings. The van der Waals surface area contributed by atoms with E-state index in [1.165, 1.54) is 141 Å². The number of hydrogen-bond donors (Lipinski definition) is 6. The van der Waals surface area contributed by atoms with E-state index in [9.17, 15) is 30.3 Å². The third kappa shape index (κ3) is 33.9. The zero-order chi connectivity index (χ0) is 45.9. The lowest BCUT2D eigenvalue weighted by molar-refractivity contribution is -0.302. The molecule has 1 aliphatic rings. The molecule has 1 amide bonds. The molecule has 0 aromatic heterocycles. The molecule has 0 aliphatic carbocycles. The summed E-state index contributed by atoms with van der Waals surface area (Å²) in [5, 5.41) is 54.2. The SMILES string of the molecule is CCCCC/C=C/CC/C=C/CC/C=C/C(O)C(COC1OC(CO)C(O)C(O)C1O)NC(=O)CCCCCCCCCCCCC/C=C\C/C=C\CCCCCCCCCCC. The van der Waals surface area contributed by atoms with Crippen LogP contribution in [-0.4, -0.2) is 87.5 Å². The van der Waals surface area contributed by atoms with Crippen molar-refractivity contribution in [2.75, 3.05) is 13.2 Å². The van der Waals surface area contributed by atoms with Crippen LogP contribution in [0.25, 0.3) is 0 Å². The van der Waals surface area contributed by atoms with Crippen LogP contribution >= 0.6 is 0 Å². The highest BCUT2D eigenvalue weighted by atomic mass is 16.7. The molecule has 9 heteroatoms. The Balaban J connectivity index is 2.24. The molecule has 0 radical (unpaired) electrons. The number of aliphatic hydroxyl groups excluding tert-OH is 5. The quantitative estimate of drug-likeness (QED) is 0.0262. The molecule has 1 heterocycles. The Hall–Kier alpha value is -2.11. The molecule has 0 spiro atoms. The fraction of sp³-hybridized carbons (Fsp3) is 0.796. The second kappa shape index (κ2) is 43.8. The van der Waals surface area contributed by atoms with E-state index in [0.29, 0.717) is 6.42 Å². The Labute approximate surface area is 386 Å². The van der Waals surface area contributed by atoms with Crippen LogP contribution in [0.15, 0.2) is 60.8 Å². The van der Waals surface area contributed by atoms with Crippen LogP contribution in [-0.2, 0) is 14.3 Å². The van der Waals surface area contributed by atoms with E-state index in [0.717, 1.165) is 57.8 Å². The van der Waals surface area contributed by atoms with E-state index in [1.807, 2.05) is 6.08 Å². The number of nitrogens with one attached hydrogen (secondary N) is 1. The Bertz CT molecular complexity index is 1170. The van der Waals surface area contributed by atoms with Crippen LogP contribution in [0.4, 0.5) is 0 Å². The lowest BCUT2D eigenvalue weighted by Crippen LogP contribution is -2.60. The standard InChI is InChI=1S/C54H97NO8/c1-3-5-7-9-11-13-15-17-18-19-20-21-22-23-24-25-26-27-28-29-30-32-34-36-38-40-42-44-50(58)55-47(46-62-54-53(61)52(60)51(59)49(45-56)63-54)48(57)43-41-39-37-35-33-31-16-14-12-10-8-6-4-2/h12,14,20-21,23-24,33,35,41,43,47-49,51-54,56-57,59-61H,3-11,13,15-19,22,25-32,34,36-40,42,44-46H2,1-2H3,(H,55,58)/b14-12+,21-20-,24-23-,35-33+,43-41+. The first-order valence-corrected chi connectivity index (χ1v) is 26.0. The highest BCUT2D eigenvalue weighted by Gasteiger charge is 2.44. The van der Waals surface area contributed by atoms with Crippen LogP contribution in [0.5, 0.6) is 0 Å². The normalized spacial score (nSPS) is 20.7. The van der Waals surface area contributed by atoms with E-state index in [-0.39, 0.29) is 12.5 Å². The molecule has 0 aromatic rings. The zero-order valence-corrected chi connectivity index (χ0v) is 40.3. The molecular formula is C54H97NO8. The Morgan fingerprint density at radius 2 is 0.952 bits per heavy atom. The molecule has 63 heavy (non-hydrogen) atoms. The van der Waals surface area contributed by atoms with Gasteiger partial charge in [-0.15, -0.1) is 0 Å². The first-order valence-electron chi connectivity index (χ1n) is 26.0. The van der Waals surface area contributed by atoms with Gasteiger partial charge in [0.05, 0.1) is 25.4 Å². The van der Waals surface area contributed by atoms with Crippen molar-refractivity contribution in [1.82, 2.24) is 5.32 Å². The predicted octanol–water partition coefficient (Wildman–Crippen LogP) is 12.0. The van der Waals surface area contributed by atoms with Gasteiger partial charge in [-0.3, -0.25) is 4.79 Å². The maximum absolute atomic E-state index is 13.0. The van der Waals surface area contributed by atoms with Crippen molar-refractivity contribution >= 4 is 5.91 Å². The minimum Gasteiger partial charge on any atom is -0.394 e. The van der Waals surface area contributed by atoms with E-state index in [1.54, 1.807) is 6.08 Å². The summed E-state index contributed by atoms with van der Waals surface area (Å²) in [6.07, 6.45) is 51.4. The molecule has 1 saturated heterocycles. The number of ether oxygens (including phenoxy) is 2. The van der Waals surface area contributed by atoms with Crippen LogP contribution in [0.1, 0.15) is 219 Å². The van der Waals surface area contributed by atoms with E-state index < -0.39 is 49.5 Å². The highest BCUT2D eigenvalue weighted by Crippen LogP contribution is 2.23. The van der Waals surface area contributed by atoms with Gasteiger partial charge in [-0.25, -0.2) is 0 Å². The molecule has 6 N–H and O–H groups in total. The molecule has 7 atom stereocenters. The Morgan fingerprint density at radius 3 is 1.46 bits per heavy atom. The van der Waals surface area contributed by atoms with E-state index in [2.05, 4.69) is 67.8 Å². The maximum atomic E-state index is 13.0. The molecule has 366 valence electrons. The van der Waals surface area contributed by atoms with Crippen molar-refractivity contribution in [3.05, 3.63) is 60.8 Å². The summed E-state index contributed by atoms with van der Waals surface area (Å²) in [6.45, 7) is 3.71. The van der Waals surface area contributed by atoms with Crippen molar-refractivity contribution in [2.24, 2.45) is 0 Å². The summed E-state index contributed by atoms with van der Waals surface area (Å²) in [6, 6.07) is -0.830. The van der Waals surface area contributed by atoms with Gasteiger partial charge in [0.2, 0.25) is 5.91 Å². The monoisotopic (exact) mass is 888 g/mol. The number of rotatable bonds is 43. The molecule has 0 saturated carbocycles. The van der Waals surface area contributed by atoms with E-state index >= 15 is 0 Å². The molecule has 9 nitrogen and oxygen atoms in total. The van der Waals surface area contributed by atoms with Crippen LogP contribution in [0.2, 0.25) is 0 Å².